The van der Waals surface area contributed by atoms with Gasteiger partial charge in [0.1, 0.15) is 24.1 Å². The van der Waals surface area contributed by atoms with Crippen LogP contribution in [0.1, 0.15) is 25.0 Å². The number of nitrogens with zero attached hydrogens (tertiary/aromatic N) is 2. The molecule has 0 spiro atoms. The number of rotatable bonds is 14. The fourth-order valence-corrected chi connectivity index (χ4v) is 6.36. The molecule has 0 bridgehead atoms. The molecule has 0 saturated heterocycles. The normalized spacial score (nSPS) is 11.8. The van der Waals surface area contributed by atoms with E-state index in [-0.39, 0.29) is 41.2 Å². The molecule has 2 amide bonds. The fourth-order valence-electron chi connectivity index (χ4n) is 4.94. The summed E-state index contributed by atoms with van der Waals surface area (Å²) in [6.45, 7) is 3.21. The molecule has 10 heteroatoms. The van der Waals surface area contributed by atoms with Crippen molar-refractivity contribution in [3.8, 4) is 11.5 Å². The maximum absolute atomic E-state index is 14.5. The number of carbonyl (C=O) groups excluding carboxylic acids is 2. The highest BCUT2D eigenvalue weighted by Gasteiger charge is 2.35. The molecular weight excluding hydrogens is 590 g/mol. The third-order valence-electron chi connectivity index (χ3n) is 7.18. The Balaban J connectivity index is 1.82. The Kier molecular flexibility index (Phi) is 11.2. The van der Waals surface area contributed by atoms with E-state index in [0.29, 0.717) is 5.75 Å². The van der Waals surface area contributed by atoms with Crippen LogP contribution >= 0.6 is 0 Å². The lowest BCUT2D eigenvalue weighted by Crippen LogP contribution is -2.54. The molecule has 0 unspecified atom stereocenters. The predicted octanol–water partition coefficient (Wildman–Crippen LogP) is 5.06. The zero-order valence-corrected chi connectivity index (χ0v) is 26.7. The molecule has 0 aliphatic carbocycles. The zero-order valence-electron chi connectivity index (χ0n) is 25.9. The van der Waals surface area contributed by atoms with Crippen molar-refractivity contribution >= 4 is 27.5 Å². The molecule has 0 aromatic heterocycles. The predicted molar refractivity (Wildman–Crippen MR) is 175 cm³/mol. The van der Waals surface area contributed by atoms with Crippen LogP contribution < -0.4 is 19.1 Å². The molecule has 4 aromatic rings. The molecule has 0 aliphatic rings. The average molecular weight is 630 g/mol. The first-order valence-electron chi connectivity index (χ1n) is 14.6. The van der Waals surface area contributed by atoms with Crippen molar-refractivity contribution in [3.05, 3.63) is 120 Å². The van der Waals surface area contributed by atoms with E-state index in [1.807, 2.05) is 74.5 Å². The first kappa shape index (κ1) is 33.1. The van der Waals surface area contributed by atoms with Gasteiger partial charge in [-0.1, -0.05) is 72.8 Å². The number of hydrogen-bond donors (Lipinski definition) is 1. The summed E-state index contributed by atoms with van der Waals surface area (Å²) in [5, 5.41) is 2.96. The van der Waals surface area contributed by atoms with Gasteiger partial charge in [-0.05, 0) is 61.4 Å². The van der Waals surface area contributed by atoms with Crippen molar-refractivity contribution in [2.45, 2.75) is 43.8 Å². The Labute approximate surface area is 265 Å². The van der Waals surface area contributed by atoms with Gasteiger partial charge in [0.25, 0.3) is 10.0 Å². The summed E-state index contributed by atoms with van der Waals surface area (Å²) in [5.41, 5.74) is 1.85. The number of nitrogens with one attached hydrogen (secondary N) is 1. The Morgan fingerprint density at radius 2 is 1.33 bits per heavy atom. The summed E-state index contributed by atoms with van der Waals surface area (Å²) in [6, 6.07) is 30.2. The quantitative estimate of drug-likeness (QED) is 0.209. The highest BCUT2D eigenvalue weighted by atomic mass is 32.2. The molecule has 0 radical (unpaired) electrons. The second-order valence-electron chi connectivity index (χ2n) is 10.7. The van der Waals surface area contributed by atoms with E-state index in [1.54, 1.807) is 36.4 Å². The molecule has 1 N–H and O–H groups in total. The second kappa shape index (κ2) is 15.3. The van der Waals surface area contributed by atoms with Crippen LogP contribution in [0.4, 0.5) is 5.69 Å². The highest BCUT2D eigenvalue weighted by Crippen LogP contribution is 2.33. The number of para-hydroxylation sites is 2. The van der Waals surface area contributed by atoms with Crippen LogP contribution in [0.15, 0.2) is 114 Å². The fraction of sp³-hybridized carbons (Fsp3) is 0.257. The zero-order chi connectivity index (χ0) is 32.4. The third-order valence-corrected chi connectivity index (χ3v) is 8.95. The Morgan fingerprint density at radius 3 is 1.91 bits per heavy atom. The van der Waals surface area contributed by atoms with Crippen LogP contribution in [-0.2, 0) is 32.6 Å². The number of benzene rings is 4. The third kappa shape index (κ3) is 8.42. The summed E-state index contributed by atoms with van der Waals surface area (Å²) in [6.07, 6.45) is 0.234. The van der Waals surface area contributed by atoms with E-state index in [2.05, 4.69) is 5.32 Å². The second-order valence-corrected chi connectivity index (χ2v) is 12.6. The van der Waals surface area contributed by atoms with Gasteiger partial charge in [-0.3, -0.25) is 13.9 Å². The number of amides is 2. The topological polar surface area (TPSA) is 105 Å². The van der Waals surface area contributed by atoms with Crippen molar-refractivity contribution < 1.29 is 27.5 Å². The van der Waals surface area contributed by atoms with Gasteiger partial charge in [-0.25, -0.2) is 8.42 Å². The summed E-state index contributed by atoms with van der Waals surface area (Å²) < 4.78 is 40.2. The molecule has 1 atom stereocenters. The van der Waals surface area contributed by atoms with Gasteiger partial charge in [0.15, 0.2) is 0 Å². The van der Waals surface area contributed by atoms with Gasteiger partial charge < -0.3 is 19.7 Å². The highest BCUT2D eigenvalue weighted by molar-refractivity contribution is 7.92. The molecule has 45 heavy (non-hydrogen) atoms. The number of carbonyl (C=O) groups is 2. The van der Waals surface area contributed by atoms with Crippen LogP contribution in [0.2, 0.25) is 0 Å². The summed E-state index contributed by atoms with van der Waals surface area (Å²) in [4.78, 5) is 29.7. The number of ether oxygens (including phenoxy) is 2. The van der Waals surface area contributed by atoms with Crippen LogP contribution in [0.5, 0.6) is 11.5 Å². The average Bonchev–Trinajstić information content (AvgIpc) is 3.05. The molecule has 236 valence electrons. The monoisotopic (exact) mass is 629 g/mol. The maximum atomic E-state index is 14.5. The van der Waals surface area contributed by atoms with Gasteiger partial charge in [0, 0.05) is 19.0 Å². The summed E-state index contributed by atoms with van der Waals surface area (Å²) in [5.74, 6) is -0.125. The largest absolute Gasteiger partial charge is 0.497 e. The minimum absolute atomic E-state index is 0.0324. The van der Waals surface area contributed by atoms with Crippen molar-refractivity contribution in [2.24, 2.45) is 0 Å². The van der Waals surface area contributed by atoms with E-state index >= 15 is 0 Å². The summed E-state index contributed by atoms with van der Waals surface area (Å²) >= 11 is 0. The number of methoxy groups -OCH3 is 2. The van der Waals surface area contributed by atoms with Crippen LogP contribution in [-0.4, -0.2) is 58.0 Å². The molecule has 0 heterocycles. The van der Waals surface area contributed by atoms with Crippen molar-refractivity contribution in [1.82, 2.24) is 10.2 Å². The van der Waals surface area contributed by atoms with Crippen molar-refractivity contribution in [3.63, 3.8) is 0 Å². The first-order valence-corrected chi connectivity index (χ1v) is 16.1. The van der Waals surface area contributed by atoms with Gasteiger partial charge in [0.05, 0.1) is 24.8 Å². The minimum Gasteiger partial charge on any atom is -0.497 e. The van der Waals surface area contributed by atoms with Gasteiger partial charge in [0.2, 0.25) is 11.8 Å². The van der Waals surface area contributed by atoms with E-state index in [0.717, 1.165) is 15.4 Å². The molecule has 4 aromatic carbocycles. The van der Waals surface area contributed by atoms with Crippen molar-refractivity contribution in [2.75, 3.05) is 25.1 Å². The number of hydrogen-bond acceptors (Lipinski definition) is 6. The van der Waals surface area contributed by atoms with E-state index < -0.39 is 28.5 Å². The Hall–Kier alpha value is -4.83. The molecule has 0 saturated carbocycles. The lowest BCUT2D eigenvalue weighted by Gasteiger charge is -2.34. The molecular formula is C35H39N3O6S. The van der Waals surface area contributed by atoms with Gasteiger partial charge >= 0.3 is 0 Å². The number of sulfonamides is 1. The lowest BCUT2D eigenvalue weighted by atomic mass is 10.0. The summed E-state index contributed by atoms with van der Waals surface area (Å²) in [7, 11) is -1.36. The standard InChI is InChI=1S/C35H39N3O6S/c1-26(2)36-35(40)32(23-27-13-7-5-8-14-27)37(24-28-15-9-6-10-16-28)34(39)25-38(31-17-11-12-18-33(31)44-4)45(41,42)30-21-19-29(43-3)20-22-30/h5-22,26,32H,23-25H2,1-4H3,(H,36,40)/t32-/m0/s1. The number of anilines is 1. The van der Waals surface area contributed by atoms with Crippen LogP contribution in [0, 0.1) is 0 Å². The Morgan fingerprint density at radius 1 is 0.756 bits per heavy atom. The molecule has 4 rings (SSSR count). The Bertz CT molecular complexity index is 1660. The molecule has 9 nitrogen and oxygen atoms in total. The lowest BCUT2D eigenvalue weighted by molar-refractivity contribution is -0.140. The van der Waals surface area contributed by atoms with E-state index in [4.69, 9.17) is 9.47 Å². The van der Waals surface area contributed by atoms with Crippen LogP contribution in [0.25, 0.3) is 0 Å². The maximum Gasteiger partial charge on any atom is 0.264 e. The SMILES string of the molecule is COc1ccc(S(=O)(=O)N(CC(=O)N(Cc2ccccc2)[C@@H](Cc2ccccc2)C(=O)NC(C)C)c2ccccc2OC)cc1. The van der Waals surface area contributed by atoms with Gasteiger partial charge in [-0.2, -0.15) is 0 Å². The van der Waals surface area contributed by atoms with Crippen LogP contribution in [0.3, 0.4) is 0 Å². The minimum atomic E-state index is -4.29. The molecule has 0 aliphatic heterocycles. The van der Waals surface area contributed by atoms with Gasteiger partial charge in [-0.15, -0.1) is 0 Å². The van der Waals surface area contributed by atoms with Crippen molar-refractivity contribution in [1.29, 1.82) is 0 Å². The van der Waals surface area contributed by atoms with E-state index in [1.165, 1.54) is 31.3 Å². The first-order chi connectivity index (χ1) is 21.6. The smallest absolute Gasteiger partial charge is 0.264 e. The molecule has 0 fully saturated rings. The van der Waals surface area contributed by atoms with E-state index in [9.17, 15) is 18.0 Å².